The highest BCUT2D eigenvalue weighted by Gasteiger charge is 2.19. The van der Waals surface area contributed by atoms with Crippen molar-refractivity contribution in [3.63, 3.8) is 0 Å². The fourth-order valence-corrected chi connectivity index (χ4v) is 4.05. The number of hydrogen-bond acceptors (Lipinski definition) is 6. The Labute approximate surface area is 200 Å². The van der Waals surface area contributed by atoms with E-state index in [1.165, 1.54) is 0 Å². The van der Waals surface area contributed by atoms with E-state index in [2.05, 4.69) is 31.5 Å². The maximum absolute atomic E-state index is 12.4. The summed E-state index contributed by atoms with van der Waals surface area (Å²) in [5, 5.41) is 6.17. The smallest absolute Gasteiger partial charge is 0.271 e. The lowest BCUT2D eigenvalue weighted by Crippen LogP contribution is -2.22. The molecule has 0 spiro atoms. The van der Waals surface area contributed by atoms with Crippen LogP contribution in [0, 0.1) is 0 Å². The summed E-state index contributed by atoms with van der Waals surface area (Å²) in [6, 6.07) is 15.5. The normalized spacial score (nSPS) is 10.8. The van der Waals surface area contributed by atoms with Crippen LogP contribution in [0.5, 0.6) is 11.5 Å². The average molecular weight is 510 g/mol. The number of aromatic nitrogens is 3. The highest BCUT2D eigenvalue weighted by molar-refractivity contribution is 9.10. The molecule has 0 bridgehead atoms. The Hall–Kier alpha value is -3.59. The number of ether oxygens (including phenoxy) is 2. The fourth-order valence-electron chi connectivity index (χ4n) is 3.46. The van der Waals surface area contributed by atoms with Gasteiger partial charge in [-0.2, -0.15) is 0 Å². The van der Waals surface area contributed by atoms with Gasteiger partial charge in [-0.3, -0.25) is 9.20 Å². The second-order valence-corrected chi connectivity index (χ2v) is 7.97. The van der Waals surface area contributed by atoms with Crippen molar-refractivity contribution in [1.29, 1.82) is 0 Å². The Morgan fingerprint density at radius 1 is 1.09 bits per heavy atom. The maximum atomic E-state index is 12.4. The van der Waals surface area contributed by atoms with Gasteiger partial charge in [0.05, 0.1) is 24.4 Å². The minimum Gasteiger partial charge on any atom is -0.497 e. The van der Waals surface area contributed by atoms with Crippen molar-refractivity contribution in [3.05, 3.63) is 70.5 Å². The number of anilines is 1. The number of carbonyl (C=O) groups excluding carboxylic acids is 1. The Balaban J connectivity index is 1.79. The van der Waals surface area contributed by atoms with E-state index in [-0.39, 0.29) is 5.91 Å². The number of methoxy groups -OCH3 is 2. The fraction of sp³-hybridized carbons (Fsp3) is 0.208. The molecule has 0 radical (unpaired) electrons. The number of halogens is 1. The average Bonchev–Trinajstić information content (AvgIpc) is 3.31. The summed E-state index contributed by atoms with van der Waals surface area (Å²) >= 11 is 3.65. The molecule has 9 heteroatoms. The second kappa shape index (κ2) is 9.91. The largest absolute Gasteiger partial charge is 0.497 e. The first-order valence-corrected chi connectivity index (χ1v) is 11.2. The Morgan fingerprint density at radius 3 is 2.58 bits per heavy atom. The summed E-state index contributed by atoms with van der Waals surface area (Å²) in [7, 11) is 3.24. The van der Waals surface area contributed by atoms with Crippen LogP contribution in [-0.4, -0.2) is 41.0 Å². The molecule has 1 amide bonds. The van der Waals surface area contributed by atoms with E-state index in [1.807, 2.05) is 55.5 Å². The van der Waals surface area contributed by atoms with Crippen LogP contribution in [0.1, 0.15) is 23.0 Å². The van der Waals surface area contributed by atoms with Gasteiger partial charge in [-0.25, -0.2) is 9.97 Å². The molecule has 2 heterocycles. The molecule has 33 heavy (non-hydrogen) atoms. The minimum absolute atomic E-state index is 0.239. The first-order valence-electron chi connectivity index (χ1n) is 10.4. The summed E-state index contributed by atoms with van der Waals surface area (Å²) in [6.07, 6.45) is 1.68. The van der Waals surface area contributed by atoms with E-state index >= 15 is 0 Å². The van der Waals surface area contributed by atoms with Crippen LogP contribution in [0.15, 0.2) is 59.2 Å². The first-order chi connectivity index (χ1) is 16.0. The number of benzene rings is 2. The number of imidazole rings is 1. The van der Waals surface area contributed by atoms with Crippen molar-refractivity contribution >= 4 is 33.4 Å². The Kier molecular flexibility index (Phi) is 6.79. The number of carbonyl (C=O) groups is 1. The molecule has 0 aliphatic rings. The van der Waals surface area contributed by atoms with Gasteiger partial charge < -0.3 is 20.1 Å². The lowest BCUT2D eigenvalue weighted by atomic mass is 10.1. The van der Waals surface area contributed by atoms with E-state index in [1.54, 1.807) is 24.8 Å². The Bertz CT molecular complexity index is 1290. The molecule has 0 saturated heterocycles. The molecule has 2 aromatic heterocycles. The first kappa shape index (κ1) is 22.6. The van der Waals surface area contributed by atoms with Crippen LogP contribution in [0.4, 0.5) is 5.95 Å². The van der Waals surface area contributed by atoms with E-state index < -0.39 is 0 Å². The molecule has 0 unspecified atom stereocenters. The molecule has 8 nitrogen and oxygen atoms in total. The molecule has 4 aromatic rings. The van der Waals surface area contributed by atoms with Crippen LogP contribution in [-0.2, 0) is 6.54 Å². The number of rotatable bonds is 8. The zero-order chi connectivity index (χ0) is 23.4. The Morgan fingerprint density at radius 2 is 1.88 bits per heavy atom. The molecule has 170 valence electrons. The van der Waals surface area contributed by atoms with E-state index in [0.717, 1.165) is 16.8 Å². The van der Waals surface area contributed by atoms with Crippen LogP contribution in [0.2, 0.25) is 0 Å². The number of amides is 1. The number of fused-ring (bicyclic) bond motifs is 1. The lowest BCUT2D eigenvalue weighted by molar-refractivity contribution is 0.0951. The summed E-state index contributed by atoms with van der Waals surface area (Å²) in [6.45, 7) is 2.83. The van der Waals surface area contributed by atoms with E-state index in [4.69, 9.17) is 14.5 Å². The standard InChI is InChI=1S/C24H24BrN5O3/c1-4-26-23(31)18-14-30-22(28-18)20(25)21(15-8-6-5-7-9-15)29-24(30)27-13-16-10-11-17(32-2)12-19(16)33-3/h5-12,14H,4,13H2,1-3H3,(H,26,31)(H,27,29). The third kappa shape index (κ3) is 4.63. The lowest BCUT2D eigenvalue weighted by Gasteiger charge is -2.14. The van der Waals surface area contributed by atoms with Gasteiger partial charge in [0.2, 0.25) is 5.95 Å². The van der Waals surface area contributed by atoms with Crippen molar-refractivity contribution in [2.24, 2.45) is 0 Å². The molecular weight excluding hydrogens is 486 g/mol. The van der Waals surface area contributed by atoms with E-state index in [9.17, 15) is 4.79 Å². The van der Waals surface area contributed by atoms with Crippen molar-refractivity contribution < 1.29 is 14.3 Å². The van der Waals surface area contributed by atoms with Gasteiger partial charge in [-0.05, 0) is 35.0 Å². The number of nitrogens with zero attached hydrogens (tertiary/aromatic N) is 3. The molecule has 0 aliphatic carbocycles. The van der Waals surface area contributed by atoms with Crippen LogP contribution >= 0.6 is 15.9 Å². The molecule has 4 rings (SSSR count). The molecule has 0 atom stereocenters. The highest BCUT2D eigenvalue weighted by atomic mass is 79.9. The third-order valence-corrected chi connectivity index (χ3v) is 5.83. The molecule has 0 aliphatic heterocycles. The molecule has 0 fully saturated rings. The highest BCUT2D eigenvalue weighted by Crippen LogP contribution is 2.32. The van der Waals surface area contributed by atoms with Gasteiger partial charge in [-0.15, -0.1) is 0 Å². The predicted molar refractivity (Wildman–Crippen MR) is 131 cm³/mol. The zero-order valence-corrected chi connectivity index (χ0v) is 20.1. The maximum Gasteiger partial charge on any atom is 0.271 e. The summed E-state index contributed by atoms with van der Waals surface area (Å²) in [5.41, 5.74) is 3.49. The van der Waals surface area contributed by atoms with Crippen molar-refractivity contribution in [2.45, 2.75) is 13.5 Å². The molecule has 2 aromatic carbocycles. The number of hydrogen-bond donors (Lipinski definition) is 2. The summed E-state index contributed by atoms with van der Waals surface area (Å²) in [5.74, 6) is 1.73. The van der Waals surface area contributed by atoms with Crippen molar-refractivity contribution in [2.75, 3.05) is 26.1 Å². The zero-order valence-electron chi connectivity index (χ0n) is 18.6. The summed E-state index contributed by atoms with van der Waals surface area (Å²) in [4.78, 5) is 21.9. The van der Waals surface area contributed by atoms with E-state index in [0.29, 0.717) is 46.4 Å². The summed E-state index contributed by atoms with van der Waals surface area (Å²) < 4.78 is 13.3. The van der Waals surface area contributed by atoms with Gasteiger partial charge in [0, 0.05) is 36.5 Å². The van der Waals surface area contributed by atoms with Crippen molar-refractivity contribution in [1.82, 2.24) is 19.7 Å². The molecule has 0 saturated carbocycles. The van der Waals surface area contributed by atoms with Crippen molar-refractivity contribution in [3.8, 4) is 22.8 Å². The monoisotopic (exact) mass is 509 g/mol. The second-order valence-electron chi connectivity index (χ2n) is 7.17. The molecule has 2 N–H and O–H groups in total. The van der Waals surface area contributed by atoms with Crippen LogP contribution < -0.4 is 20.1 Å². The minimum atomic E-state index is -0.239. The quantitative estimate of drug-likeness (QED) is 0.362. The predicted octanol–water partition coefficient (Wildman–Crippen LogP) is 4.54. The van der Waals surface area contributed by atoms with Gasteiger partial charge in [0.1, 0.15) is 17.2 Å². The molecular formula is C24H24BrN5O3. The van der Waals surface area contributed by atoms with Gasteiger partial charge >= 0.3 is 0 Å². The SMILES string of the molecule is CCNC(=O)c1cn2c(NCc3ccc(OC)cc3OC)nc(-c3ccccc3)c(Br)c2n1. The van der Waals surface area contributed by atoms with Gasteiger partial charge in [-0.1, -0.05) is 30.3 Å². The number of nitrogens with one attached hydrogen (secondary N) is 2. The van der Waals surface area contributed by atoms with Crippen LogP contribution in [0.25, 0.3) is 16.9 Å². The third-order valence-electron chi connectivity index (χ3n) is 5.10. The van der Waals surface area contributed by atoms with Crippen LogP contribution in [0.3, 0.4) is 0 Å². The topological polar surface area (TPSA) is 89.8 Å². The van der Waals surface area contributed by atoms with Gasteiger partial charge in [0.15, 0.2) is 5.65 Å². The van der Waals surface area contributed by atoms with Gasteiger partial charge in [0.25, 0.3) is 5.91 Å².